The summed E-state index contributed by atoms with van der Waals surface area (Å²) >= 11 is 6.69. The van der Waals surface area contributed by atoms with Crippen molar-refractivity contribution in [2.24, 2.45) is 4.99 Å². The van der Waals surface area contributed by atoms with Gasteiger partial charge < -0.3 is 16.0 Å². The minimum atomic E-state index is -0.239. The average molecular weight is 433 g/mol. The topological polar surface area (TPSA) is 91.3 Å². The first-order chi connectivity index (χ1) is 14.6. The number of carbonyl (C=O) groups is 1. The average Bonchev–Trinajstić information content (AvgIpc) is 3.33. The Kier molecular flexibility index (Phi) is 4.61. The van der Waals surface area contributed by atoms with Crippen molar-refractivity contribution < 1.29 is 4.79 Å². The first-order valence-corrected chi connectivity index (χ1v) is 10.5. The number of aromatic nitrogens is 2. The van der Waals surface area contributed by atoms with Gasteiger partial charge in [-0.25, -0.2) is 4.99 Å². The molecule has 3 heterocycles. The Morgan fingerprint density at radius 1 is 1.03 bits per heavy atom. The second-order valence-electron chi connectivity index (χ2n) is 6.83. The number of aliphatic imine (C=N–C) groups is 1. The highest BCUT2D eigenvalue weighted by atomic mass is 32.1. The van der Waals surface area contributed by atoms with E-state index in [2.05, 4.69) is 31.1 Å². The lowest BCUT2D eigenvalue weighted by atomic mass is 9.96. The highest BCUT2D eigenvalue weighted by molar-refractivity contribution is 7.80. The second kappa shape index (κ2) is 7.43. The first kappa shape index (κ1) is 18.6. The minimum absolute atomic E-state index is 0.149. The fraction of sp³-hybridized carbons (Fsp3) is 0.0952. The highest BCUT2D eigenvalue weighted by Gasteiger charge is 2.29. The van der Waals surface area contributed by atoms with Gasteiger partial charge in [-0.3, -0.25) is 4.79 Å². The number of thiocarbonyl (C=S) groups is 1. The zero-order valence-corrected chi connectivity index (χ0v) is 17.5. The van der Waals surface area contributed by atoms with Gasteiger partial charge in [0.15, 0.2) is 5.11 Å². The molecule has 30 heavy (non-hydrogen) atoms. The Morgan fingerprint density at radius 2 is 1.80 bits per heavy atom. The molecule has 3 aromatic rings. The van der Waals surface area contributed by atoms with Crippen LogP contribution in [0.3, 0.4) is 0 Å². The van der Waals surface area contributed by atoms with E-state index >= 15 is 0 Å². The summed E-state index contributed by atoms with van der Waals surface area (Å²) in [4.78, 5) is 16.8. The number of amides is 1. The molecule has 0 saturated carbocycles. The van der Waals surface area contributed by atoms with Crippen molar-refractivity contribution in [3.05, 3.63) is 76.4 Å². The Morgan fingerprint density at radius 3 is 2.63 bits per heavy atom. The number of allylic oxidation sites excluding steroid dienone is 1. The summed E-state index contributed by atoms with van der Waals surface area (Å²) in [5, 5.41) is 19.6. The fourth-order valence-corrected chi connectivity index (χ4v) is 4.68. The van der Waals surface area contributed by atoms with Gasteiger partial charge in [0.05, 0.1) is 11.7 Å². The van der Waals surface area contributed by atoms with Gasteiger partial charge in [-0.2, -0.15) is 0 Å². The van der Waals surface area contributed by atoms with Gasteiger partial charge in [0.25, 0.3) is 5.91 Å². The van der Waals surface area contributed by atoms with Gasteiger partial charge in [-0.15, -0.1) is 10.2 Å². The zero-order valence-electron chi connectivity index (χ0n) is 15.8. The molecular formula is C21H16N6OS2. The summed E-state index contributed by atoms with van der Waals surface area (Å²) in [5.41, 5.74) is 4.80. The predicted molar refractivity (Wildman–Crippen MR) is 122 cm³/mol. The first-order valence-electron chi connectivity index (χ1n) is 9.26. The quantitative estimate of drug-likeness (QED) is 0.548. The smallest absolute Gasteiger partial charge is 0.275 e. The van der Waals surface area contributed by atoms with E-state index in [-0.39, 0.29) is 11.9 Å². The fourth-order valence-electron chi connectivity index (χ4n) is 3.55. The van der Waals surface area contributed by atoms with E-state index in [4.69, 9.17) is 12.2 Å². The van der Waals surface area contributed by atoms with Crippen LogP contribution >= 0.6 is 23.6 Å². The Labute approximate surface area is 182 Å². The van der Waals surface area contributed by atoms with Crippen LogP contribution in [0.25, 0.3) is 5.57 Å². The van der Waals surface area contributed by atoms with Gasteiger partial charge in [0.2, 0.25) is 5.13 Å². The van der Waals surface area contributed by atoms with Gasteiger partial charge in [-0.1, -0.05) is 59.9 Å². The van der Waals surface area contributed by atoms with Crippen LogP contribution in [0.4, 0.5) is 10.8 Å². The van der Waals surface area contributed by atoms with Crippen molar-refractivity contribution >= 4 is 56.7 Å². The number of fused-ring (bicyclic) bond motifs is 1. The standard InChI is InChI=1S/C21H16N6OS2/c1-11-15(16(24-20(29)22-11)12-7-3-2-4-8-12)19-26-27-21(30-19)25-17-13-9-5-6-10-14(13)23-18(17)28/h2-10,16H,1H3,(H2,22,24,29)(H,23,25,27,28). The summed E-state index contributed by atoms with van der Waals surface area (Å²) in [6.45, 7) is 1.96. The van der Waals surface area contributed by atoms with Crippen molar-refractivity contribution in [1.29, 1.82) is 0 Å². The summed E-state index contributed by atoms with van der Waals surface area (Å²) in [7, 11) is 0. The molecule has 5 rings (SSSR count). The van der Waals surface area contributed by atoms with Crippen LogP contribution in [0.1, 0.15) is 29.1 Å². The molecule has 1 unspecified atom stereocenters. The van der Waals surface area contributed by atoms with Crippen LogP contribution in [-0.2, 0) is 4.79 Å². The molecule has 0 aliphatic carbocycles. The monoisotopic (exact) mass is 432 g/mol. The molecule has 1 aromatic heterocycles. The molecule has 0 radical (unpaired) electrons. The molecule has 7 nitrogen and oxygen atoms in total. The van der Waals surface area contributed by atoms with E-state index in [9.17, 15) is 4.79 Å². The molecule has 2 aliphatic rings. The van der Waals surface area contributed by atoms with Gasteiger partial charge in [0, 0.05) is 16.8 Å². The SMILES string of the molecule is CC1=C(c2nnc(N=C3C(=O)Nc4ccccc43)s2)C(c2ccccc2)NC(=S)N1. The van der Waals surface area contributed by atoms with Crippen molar-refractivity contribution in [2.45, 2.75) is 13.0 Å². The number of hydrogen-bond acceptors (Lipinski definition) is 6. The lowest BCUT2D eigenvalue weighted by molar-refractivity contribution is -0.110. The van der Waals surface area contributed by atoms with Gasteiger partial charge in [-0.05, 0) is 30.8 Å². The number of rotatable bonds is 3. The summed E-state index contributed by atoms with van der Waals surface area (Å²) in [6, 6.07) is 17.3. The predicted octanol–water partition coefficient (Wildman–Crippen LogP) is 3.56. The normalized spacial score (nSPS) is 19.4. The lowest BCUT2D eigenvalue weighted by Gasteiger charge is -2.29. The molecule has 0 fully saturated rings. The molecule has 1 atom stereocenters. The maximum atomic E-state index is 12.3. The highest BCUT2D eigenvalue weighted by Crippen LogP contribution is 2.37. The Balaban J connectivity index is 1.54. The third-order valence-electron chi connectivity index (χ3n) is 4.90. The molecule has 148 valence electrons. The van der Waals surface area contributed by atoms with Gasteiger partial charge in [0.1, 0.15) is 10.7 Å². The summed E-state index contributed by atoms with van der Waals surface area (Å²) in [6.07, 6.45) is 0. The van der Waals surface area contributed by atoms with Crippen molar-refractivity contribution in [1.82, 2.24) is 20.8 Å². The third-order valence-corrected chi connectivity index (χ3v) is 5.97. The van der Waals surface area contributed by atoms with E-state index in [0.717, 1.165) is 33.1 Å². The Hall–Kier alpha value is -3.43. The maximum Gasteiger partial charge on any atom is 0.275 e. The molecule has 0 bridgehead atoms. The van der Waals surface area contributed by atoms with Crippen LogP contribution < -0.4 is 16.0 Å². The number of nitrogens with zero attached hydrogens (tertiary/aromatic N) is 3. The van der Waals surface area contributed by atoms with Gasteiger partial charge >= 0.3 is 0 Å². The van der Waals surface area contributed by atoms with E-state index in [1.165, 1.54) is 11.3 Å². The van der Waals surface area contributed by atoms with E-state index < -0.39 is 0 Å². The molecule has 0 saturated heterocycles. The molecule has 0 spiro atoms. The molecular weight excluding hydrogens is 416 g/mol. The summed E-state index contributed by atoms with van der Waals surface area (Å²) < 4.78 is 0. The van der Waals surface area contributed by atoms with Crippen LogP contribution in [0.15, 0.2) is 65.3 Å². The molecule has 2 aliphatic heterocycles. The van der Waals surface area contributed by atoms with Crippen molar-refractivity contribution in [3.8, 4) is 0 Å². The number of nitrogens with one attached hydrogen (secondary N) is 3. The van der Waals surface area contributed by atoms with Crippen LogP contribution in [0.5, 0.6) is 0 Å². The zero-order chi connectivity index (χ0) is 20.7. The number of hydrogen-bond donors (Lipinski definition) is 3. The number of carbonyl (C=O) groups excluding carboxylic acids is 1. The number of benzene rings is 2. The molecule has 9 heteroatoms. The van der Waals surface area contributed by atoms with E-state index in [1.54, 1.807) is 0 Å². The van der Waals surface area contributed by atoms with Crippen molar-refractivity contribution in [2.75, 3.05) is 5.32 Å². The van der Waals surface area contributed by atoms with Crippen molar-refractivity contribution in [3.63, 3.8) is 0 Å². The third kappa shape index (κ3) is 3.27. The maximum absolute atomic E-state index is 12.3. The van der Waals surface area contributed by atoms with Crippen LogP contribution in [0, 0.1) is 0 Å². The minimum Gasteiger partial charge on any atom is -0.351 e. The van der Waals surface area contributed by atoms with Crippen LogP contribution in [0.2, 0.25) is 0 Å². The Bertz CT molecular complexity index is 1230. The molecule has 2 aromatic carbocycles. The second-order valence-corrected chi connectivity index (χ2v) is 8.19. The molecule has 3 N–H and O–H groups in total. The number of para-hydroxylation sites is 1. The molecule has 1 amide bonds. The largest absolute Gasteiger partial charge is 0.351 e. The number of anilines is 1. The van der Waals surface area contributed by atoms with E-state index in [0.29, 0.717) is 16.0 Å². The van der Waals surface area contributed by atoms with E-state index in [1.807, 2.05) is 61.5 Å². The summed E-state index contributed by atoms with van der Waals surface area (Å²) in [5.74, 6) is -0.239. The van der Waals surface area contributed by atoms with Crippen LogP contribution in [-0.4, -0.2) is 26.9 Å². The lowest BCUT2D eigenvalue weighted by Crippen LogP contribution is -2.42.